The Hall–Kier alpha value is -2.77. The number of hydrogen-bond acceptors (Lipinski definition) is 3. The number of carbonyl (C=O) groups is 1. The van der Waals surface area contributed by atoms with Crippen LogP contribution in [-0.2, 0) is 21.4 Å². The van der Waals surface area contributed by atoms with Gasteiger partial charge >= 0.3 is 0 Å². The first kappa shape index (κ1) is 19.5. The van der Waals surface area contributed by atoms with E-state index >= 15 is 0 Å². The number of nitrogens with one attached hydrogen (secondary N) is 1. The molecule has 0 bridgehead atoms. The highest BCUT2D eigenvalue weighted by atomic mass is 32.2. The van der Waals surface area contributed by atoms with Crippen LogP contribution < -0.4 is 5.32 Å². The van der Waals surface area contributed by atoms with Gasteiger partial charge in [-0.3, -0.25) is 4.79 Å². The molecule has 1 aliphatic rings. The minimum absolute atomic E-state index is 0.189. The fraction of sp³-hybridized carbons (Fsp3) is 0.227. The predicted molar refractivity (Wildman–Crippen MR) is 109 cm³/mol. The number of hydrogen-bond donors (Lipinski definition) is 1. The molecule has 1 heterocycles. The molecule has 150 valence electrons. The average Bonchev–Trinajstić information content (AvgIpc) is 3.24. The molecule has 1 saturated heterocycles. The third-order valence-corrected chi connectivity index (χ3v) is 7.12. The van der Waals surface area contributed by atoms with Crippen molar-refractivity contribution in [1.29, 1.82) is 0 Å². The zero-order chi connectivity index (χ0) is 20.4. The first-order valence-corrected chi connectivity index (χ1v) is 10.9. The van der Waals surface area contributed by atoms with Gasteiger partial charge in [0.05, 0.1) is 4.90 Å². The molecule has 3 aromatic carbocycles. The fourth-order valence-electron chi connectivity index (χ4n) is 3.66. The summed E-state index contributed by atoms with van der Waals surface area (Å²) in [6.07, 6.45) is 1.10. The minimum atomic E-state index is -3.79. The molecule has 1 fully saturated rings. The summed E-state index contributed by atoms with van der Waals surface area (Å²) < 4.78 is 40.7. The molecule has 0 unspecified atom stereocenters. The minimum Gasteiger partial charge on any atom is -0.351 e. The van der Waals surface area contributed by atoms with Crippen molar-refractivity contribution in [2.45, 2.75) is 30.3 Å². The van der Waals surface area contributed by atoms with Crippen LogP contribution >= 0.6 is 0 Å². The van der Waals surface area contributed by atoms with Crippen LogP contribution in [0.5, 0.6) is 0 Å². The van der Waals surface area contributed by atoms with Crippen LogP contribution in [0.2, 0.25) is 0 Å². The van der Waals surface area contributed by atoms with Crippen LogP contribution in [0.4, 0.5) is 4.39 Å². The summed E-state index contributed by atoms with van der Waals surface area (Å²) in [5.74, 6) is -0.681. The van der Waals surface area contributed by atoms with E-state index in [9.17, 15) is 17.6 Å². The van der Waals surface area contributed by atoms with E-state index in [1.165, 1.54) is 16.4 Å². The molecule has 7 heteroatoms. The van der Waals surface area contributed by atoms with E-state index in [-0.39, 0.29) is 23.2 Å². The Labute approximate surface area is 169 Å². The SMILES string of the molecule is O=C(NCc1ccc(F)cc1)[C@H]1CCCN1S(=O)(=O)c1ccc2ccccc2c1. The van der Waals surface area contributed by atoms with Crippen molar-refractivity contribution in [3.63, 3.8) is 0 Å². The lowest BCUT2D eigenvalue weighted by Gasteiger charge is -2.23. The Kier molecular flexibility index (Phi) is 5.34. The molecule has 1 N–H and O–H groups in total. The van der Waals surface area contributed by atoms with E-state index in [1.807, 2.05) is 24.3 Å². The van der Waals surface area contributed by atoms with Gasteiger partial charge in [0.2, 0.25) is 15.9 Å². The fourth-order valence-corrected chi connectivity index (χ4v) is 5.35. The summed E-state index contributed by atoms with van der Waals surface area (Å²) >= 11 is 0. The first-order valence-electron chi connectivity index (χ1n) is 9.48. The number of fused-ring (bicyclic) bond motifs is 1. The number of benzene rings is 3. The maximum absolute atomic E-state index is 13.2. The maximum Gasteiger partial charge on any atom is 0.243 e. The smallest absolute Gasteiger partial charge is 0.243 e. The third kappa shape index (κ3) is 4.02. The maximum atomic E-state index is 13.2. The van der Waals surface area contributed by atoms with E-state index in [4.69, 9.17) is 0 Å². The van der Waals surface area contributed by atoms with Gasteiger partial charge in [0.15, 0.2) is 0 Å². The number of sulfonamides is 1. The van der Waals surface area contributed by atoms with Gasteiger partial charge in [-0.05, 0) is 53.4 Å². The third-order valence-electron chi connectivity index (χ3n) is 5.21. The van der Waals surface area contributed by atoms with Gasteiger partial charge in [0.25, 0.3) is 0 Å². The lowest BCUT2D eigenvalue weighted by molar-refractivity contribution is -0.124. The second-order valence-corrected chi connectivity index (χ2v) is 9.02. The molecule has 1 amide bonds. The van der Waals surface area contributed by atoms with Crippen molar-refractivity contribution in [2.24, 2.45) is 0 Å². The zero-order valence-corrected chi connectivity index (χ0v) is 16.5. The molecule has 1 aliphatic heterocycles. The summed E-state index contributed by atoms with van der Waals surface area (Å²) in [5.41, 5.74) is 0.752. The van der Waals surface area contributed by atoms with Gasteiger partial charge in [-0.25, -0.2) is 12.8 Å². The van der Waals surface area contributed by atoms with E-state index in [1.54, 1.807) is 30.3 Å². The van der Waals surface area contributed by atoms with E-state index in [0.717, 1.165) is 16.3 Å². The van der Waals surface area contributed by atoms with Gasteiger partial charge in [-0.1, -0.05) is 42.5 Å². The Morgan fingerprint density at radius 1 is 1.03 bits per heavy atom. The van der Waals surface area contributed by atoms with Crippen LogP contribution in [0.3, 0.4) is 0 Å². The Bertz CT molecular complexity index is 1150. The van der Waals surface area contributed by atoms with Gasteiger partial charge in [0, 0.05) is 13.1 Å². The van der Waals surface area contributed by atoms with E-state index < -0.39 is 16.1 Å². The summed E-state index contributed by atoms with van der Waals surface area (Å²) in [5, 5.41) is 4.57. The molecule has 3 aromatic rings. The van der Waals surface area contributed by atoms with Crippen LogP contribution in [0.25, 0.3) is 10.8 Å². The molecule has 0 radical (unpaired) electrons. The summed E-state index contributed by atoms with van der Waals surface area (Å²) in [7, 11) is -3.79. The number of rotatable bonds is 5. The topological polar surface area (TPSA) is 66.5 Å². The highest BCUT2D eigenvalue weighted by molar-refractivity contribution is 7.89. The lowest BCUT2D eigenvalue weighted by Crippen LogP contribution is -2.45. The van der Waals surface area contributed by atoms with Crippen LogP contribution in [0.15, 0.2) is 71.6 Å². The molecular formula is C22H21FN2O3S. The van der Waals surface area contributed by atoms with Crippen molar-refractivity contribution >= 4 is 26.7 Å². The van der Waals surface area contributed by atoms with Gasteiger partial charge in [-0.15, -0.1) is 0 Å². The monoisotopic (exact) mass is 412 g/mol. The van der Waals surface area contributed by atoms with Crippen LogP contribution in [0, 0.1) is 5.82 Å². The predicted octanol–water partition coefficient (Wildman–Crippen LogP) is 3.45. The Morgan fingerprint density at radius 2 is 1.76 bits per heavy atom. The summed E-state index contributed by atoms with van der Waals surface area (Å²) in [6.45, 7) is 0.531. The second-order valence-electron chi connectivity index (χ2n) is 7.13. The molecular weight excluding hydrogens is 391 g/mol. The van der Waals surface area contributed by atoms with Crippen LogP contribution in [-0.4, -0.2) is 31.2 Å². The molecule has 1 atom stereocenters. The standard InChI is InChI=1S/C22H21FN2O3S/c23-19-10-7-16(8-11-19)15-24-22(26)21-6-3-13-25(21)29(27,28)20-12-9-17-4-1-2-5-18(17)14-20/h1-2,4-5,7-12,14,21H,3,6,13,15H2,(H,24,26)/t21-/m1/s1. The highest BCUT2D eigenvalue weighted by Crippen LogP contribution is 2.28. The Morgan fingerprint density at radius 3 is 2.52 bits per heavy atom. The Balaban J connectivity index is 1.52. The quantitative estimate of drug-likeness (QED) is 0.698. The first-order chi connectivity index (χ1) is 13.9. The average molecular weight is 412 g/mol. The molecule has 0 saturated carbocycles. The molecule has 0 aromatic heterocycles. The summed E-state index contributed by atoms with van der Waals surface area (Å²) in [6, 6.07) is 17.7. The van der Waals surface area contributed by atoms with Crippen LogP contribution in [0.1, 0.15) is 18.4 Å². The van der Waals surface area contributed by atoms with Crippen molar-refractivity contribution < 1.29 is 17.6 Å². The summed E-state index contributed by atoms with van der Waals surface area (Å²) in [4.78, 5) is 12.9. The largest absolute Gasteiger partial charge is 0.351 e. The molecule has 0 spiro atoms. The molecule has 29 heavy (non-hydrogen) atoms. The van der Waals surface area contributed by atoms with Gasteiger partial charge in [0.1, 0.15) is 11.9 Å². The zero-order valence-electron chi connectivity index (χ0n) is 15.7. The molecule has 0 aliphatic carbocycles. The van der Waals surface area contributed by atoms with E-state index in [0.29, 0.717) is 19.4 Å². The van der Waals surface area contributed by atoms with E-state index in [2.05, 4.69) is 5.32 Å². The van der Waals surface area contributed by atoms with Gasteiger partial charge in [-0.2, -0.15) is 4.31 Å². The number of carbonyl (C=O) groups excluding carboxylic acids is 1. The lowest BCUT2D eigenvalue weighted by atomic mass is 10.1. The number of halogens is 1. The molecule has 5 nitrogen and oxygen atoms in total. The normalized spacial score (nSPS) is 17.5. The van der Waals surface area contributed by atoms with Crippen molar-refractivity contribution in [2.75, 3.05) is 6.54 Å². The highest BCUT2D eigenvalue weighted by Gasteiger charge is 2.39. The second kappa shape index (κ2) is 7.93. The van der Waals surface area contributed by atoms with Crippen molar-refractivity contribution in [3.05, 3.63) is 78.1 Å². The van der Waals surface area contributed by atoms with Gasteiger partial charge < -0.3 is 5.32 Å². The van der Waals surface area contributed by atoms with Crippen molar-refractivity contribution in [1.82, 2.24) is 9.62 Å². The number of nitrogens with zero attached hydrogens (tertiary/aromatic N) is 1. The number of amides is 1. The molecule has 4 rings (SSSR count). The van der Waals surface area contributed by atoms with Crippen molar-refractivity contribution in [3.8, 4) is 0 Å².